The molecule has 4 rings (SSSR count). The van der Waals surface area contributed by atoms with Gasteiger partial charge in [-0.2, -0.15) is 0 Å². The molecule has 1 N–H and O–H groups in total. The second kappa shape index (κ2) is 6.55. The Balaban J connectivity index is 1.38. The number of nitrogens with one attached hydrogen (secondary N) is 1. The van der Waals surface area contributed by atoms with E-state index in [-0.39, 0.29) is 23.8 Å². The van der Waals surface area contributed by atoms with Gasteiger partial charge in [-0.15, -0.1) is 0 Å². The molecule has 0 saturated heterocycles. The summed E-state index contributed by atoms with van der Waals surface area (Å²) in [5, 5.41) is 3.12. The number of rotatable bonds is 5. The standard InChI is InChI=1S/C21H20N2O2/c1-14(23-21(24)19-12-18(19)20-5-3-11-25-20)15-6-8-16(9-7-15)17-4-2-10-22-13-17/h2-11,13-14,18-19H,12H2,1H3,(H,23,24)/t14-,18+,19-/m0/s1. The molecule has 1 saturated carbocycles. The zero-order chi connectivity index (χ0) is 17.2. The van der Waals surface area contributed by atoms with E-state index in [9.17, 15) is 4.79 Å². The topological polar surface area (TPSA) is 55.1 Å². The van der Waals surface area contributed by atoms with E-state index in [0.717, 1.165) is 28.9 Å². The maximum absolute atomic E-state index is 12.4. The molecule has 25 heavy (non-hydrogen) atoms. The Morgan fingerprint density at radius 2 is 2.00 bits per heavy atom. The Bertz CT molecular complexity index is 841. The molecule has 0 radical (unpaired) electrons. The van der Waals surface area contributed by atoms with E-state index in [1.807, 2.05) is 37.4 Å². The van der Waals surface area contributed by atoms with Crippen LogP contribution in [-0.2, 0) is 4.79 Å². The van der Waals surface area contributed by atoms with E-state index in [2.05, 4.69) is 34.6 Å². The van der Waals surface area contributed by atoms with Gasteiger partial charge >= 0.3 is 0 Å². The summed E-state index contributed by atoms with van der Waals surface area (Å²) < 4.78 is 5.40. The normalized spacial score (nSPS) is 20.0. The average Bonchev–Trinajstić information content (AvgIpc) is 3.28. The van der Waals surface area contributed by atoms with Crippen molar-refractivity contribution in [3.8, 4) is 11.1 Å². The number of pyridine rings is 1. The van der Waals surface area contributed by atoms with Gasteiger partial charge in [0.25, 0.3) is 0 Å². The lowest BCUT2D eigenvalue weighted by molar-refractivity contribution is -0.123. The SMILES string of the molecule is C[C@H](NC(=O)[C@H]1C[C@H]1c1ccco1)c1ccc(-c2cccnc2)cc1. The molecule has 3 atom stereocenters. The summed E-state index contributed by atoms with van der Waals surface area (Å²) in [5.41, 5.74) is 3.30. The van der Waals surface area contributed by atoms with Crippen molar-refractivity contribution >= 4 is 5.91 Å². The van der Waals surface area contributed by atoms with Gasteiger partial charge in [-0.1, -0.05) is 30.3 Å². The first kappa shape index (κ1) is 15.6. The Morgan fingerprint density at radius 3 is 2.68 bits per heavy atom. The number of furan rings is 1. The third-order valence-electron chi connectivity index (χ3n) is 4.80. The first-order valence-corrected chi connectivity index (χ1v) is 8.56. The van der Waals surface area contributed by atoms with Crippen molar-refractivity contribution in [1.82, 2.24) is 10.3 Å². The van der Waals surface area contributed by atoms with Gasteiger partial charge < -0.3 is 9.73 Å². The van der Waals surface area contributed by atoms with E-state index in [1.54, 1.807) is 12.5 Å². The van der Waals surface area contributed by atoms with Crippen LogP contribution in [0.1, 0.15) is 36.6 Å². The quantitative estimate of drug-likeness (QED) is 0.757. The monoisotopic (exact) mass is 332 g/mol. The molecule has 4 nitrogen and oxygen atoms in total. The number of hydrogen-bond acceptors (Lipinski definition) is 3. The smallest absolute Gasteiger partial charge is 0.224 e. The van der Waals surface area contributed by atoms with E-state index in [4.69, 9.17) is 4.42 Å². The van der Waals surface area contributed by atoms with Gasteiger partial charge in [0.15, 0.2) is 0 Å². The summed E-state index contributed by atoms with van der Waals surface area (Å²) in [5.74, 6) is 1.28. The van der Waals surface area contributed by atoms with Crippen LogP contribution in [-0.4, -0.2) is 10.9 Å². The molecule has 2 aromatic heterocycles. The van der Waals surface area contributed by atoms with Crippen LogP contribution in [0.15, 0.2) is 71.6 Å². The van der Waals surface area contributed by atoms with Gasteiger partial charge in [0, 0.05) is 24.2 Å². The summed E-state index contributed by atoms with van der Waals surface area (Å²) in [6, 6.07) is 16.0. The molecule has 3 aromatic rings. The van der Waals surface area contributed by atoms with Gasteiger partial charge in [-0.25, -0.2) is 0 Å². The highest BCUT2D eigenvalue weighted by atomic mass is 16.3. The maximum Gasteiger partial charge on any atom is 0.224 e. The predicted octanol–water partition coefficient (Wildman–Crippen LogP) is 4.32. The van der Waals surface area contributed by atoms with Crippen LogP contribution >= 0.6 is 0 Å². The molecule has 0 unspecified atom stereocenters. The summed E-state index contributed by atoms with van der Waals surface area (Å²) >= 11 is 0. The van der Waals surface area contributed by atoms with Crippen LogP contribution in [0.25, 0.3) is 11.1 Å². The molecular weight excluding hydrogens is 312 g/mol. The van der Waals surface area contributed by atoms with Crippen LogP contribution in [0.5, 0.6) is 0 Å². The van der Waals surface area contributed by atoms with Crippen molar-refractivity contribution in [2.24, 2.45) is 5.92 Å². The number of amides is 1. The summed E-state index contributed by atoms with van der Waals surface area (Å²) in [7, 11) is 0. The van der Waals surface area contributed by atoms with E-state index < -0.39 is 0 Å². The maximum atomic E-state index is 12.4. The molecule has 1 amide bonds. The second-order valence-electron chi connectivity index (χ2n) is 6.56. The van der Waals surface area contributed by atoms with Gasteiger partial charge in [0.05, 0.1) is 12.3 Å². The number of carbonyl (C=O) groups is 1. The summed E-state index contributed by atoms with van der Waals surface area (Å²) in [6.07, 6.45) is 6.15. The van der Waals surface area contributed by atoms with E-state index >= 15 is 0 Å². The van der Waals surface area contributed by atoms with Gasteiger partial charge in [0.2, 0.25) is 5.91 Å². The Labute approximate surface area is 146 Å². The lowest BCUT2D eigenvalue weighted by atomic mass is 10.0. The first-order valence-electron chi connectivity index (χ1n) is 8.56. The molecule has 0 bridgehead atoms. The fourth-order valence-electron chi connectivity index (χ4n) is 3.20. The zero-order valence-electron chi connectivity index (χ0n) is 14.1. The predicted molar refractivity (Wildman–Crippen MR) is 95.8 cm³/mol. The van der Waals surface area contributed by atoms with Gasteiger partial charge in [-0.05, 0) is 48.2 Å². The number of aromatic nitrogens is 1. The third-order valence-corrected chi connectivity index (χ3v) is 4.80. The minimum Gasteiger partial charge on any atom is -0.469 e. The molecule has 2 heterocycles. The minimum atomic E-state index is -0.0201. The van der Waals surface area contributed by atoms with Crippen molar-refractivity contribution in [3.63, 3.8) is 0 Å². The second-order valence-corrected chi connectivity index (χ2v) is 6.56. The number of benzene rings is 1. The molecule has 1 fully saturated rings. The number of hydrogen-bond donors (Lipinski definition) is 1. The molecule has 1 aliphatic carbocycles. The Morgan fingerprint density at radius 1 is 1.16 bits per heavy atom. The molecule has 1 aromatic carbocycles. The van der Waals surface area contributed by atoms with Gasteiger partial charge in [-0.3, -0.25) is 9.78 Å². The fourth-order valence-corrected chi connectivity index (χ4v) is 3.20. The first-order chi connectivity index (χ1) is 12.2. The van der Waals surface area contributed by atoms with Crippen LogP contribution in [0.4, 0.5) is 0 Å². The van der Waals surface area contributed by atoms with Crippen molar-refractivity contribution in [2.45, 2.75) is 25.3 Å². The fraction of sp³-hybridized carbons (Fsp3) is 0.238. The molecule has 0 spiro atoms. The minimum absolute atomic E-state index is 0.0201. The molecule has 1 aliphatic rings. The lowest BCUT2D eigenvalue weighted by Crippen LogP contribution is -2.28. The van der Waals surface area contributed by atoms with Crippen molar-refractivity contribution in [2.75, 3.05) is 0 Å². The molecule has 0 aliphatic heterocycles. The van der Waals surface area contributed by atoms with Crippen molar-refractivity contribution < 1.29 is 9.21 Å². The van der Waals surface area contributed by atoms with Crippen LogP contribution in [0.2, 0.25) is 0 Å². The highest BCUT2D eigenvalue weighted by Crippen LogP contribution is 2.47. The largest absolute Gasteiger partial charge is 0.469 e. The van der Waals surface area contributed by atoms with E-state index in [1.165, 1.54) is 0 Å². The van der Waals surface area contributed by atoms with Crippen molar-refractivity contribution in [1.29, 1.82) is 0 Å². The molecule has 126 valence electrons. The lowest BCUT2D eigenvalue weighted by Gasteiger charge is -2.15. The molecular formula is C21H20N2O2. The average molecular weight is 332 g/mol. The Kier molecular flexibility index (Phi) is 4.10. The highest BCUT2D eigenvalue weighted by Gasteiger charge is 2.46. The summed E-state index contributed by atoms with van der Waals surface area (Å²) in [4.78, 5) is 16.6. The summed E-state index contributed by atoms with van der Waals surface area (Å²) in [6.45, 7) is 2.02. The van der Waals surface area contributed by atoms with E-state index in [0.29, 0.717) is 0 Å². The van der Waals surface area contributed by atoms with Crippen LogP contribution < -0.4 is 5.32 Å². The zero-order valence-corrected chi connectivity index (χ0v) is 14.1. The van der Waals surface area contributed by atoms with Crippen LogP contribution in [0.3, 0.4) is 0 Å². The number of carbonyl (C=O) groups excluding carboxylic acids is 1. The van der Waals surface area contributed by atoms with Crippen LogP contribution in [0, 0.1) is 5.92 Å². The Hall–Kier alpha value is -2.88. The third kappa shape index (κ3) is 3.33. The number of nitrogens with zero attached hydrogens (tertiary/aromatic N) is 1. The van der Waals surface area contributed by atoms with Gasteiger partial charge in [0.1, 0.15) is 5.76 Å². The van der Waals surface area contributed by atoms with Crippen molar-refractivity contribution in [3.05, 3.63) is 78.5 Å². The highest BCUT2D eigenvalue weighted by molar-refractivity contribution is 5.83. The molecule has 4 heteroatoms.